The third-order valence-electron chi connectivity index (χ3n) is 18.6. The zero-order valence-electron chi connectivity index (χ0n) is 65.9. The number of para-hydroxylation sites is 9. The number of phenols is 6. The average Bonchev–Trinajstić information content (AvgIpc) is 1.63. The van der Waals surface area contributed by atoms with Gasteiger partial charge >= 0.3 is 0 Å². The number of nitrogens with one attached hydrogen (secondary N) is 2. The second-order valence-corrected chi connectivity index (χ2v) is 28.2. The van der Waals surface area contributed by atoms with Crippen molar-refractivity contribution in [3.8, 4) is 68.4 Å². The van der Waals surface area contributed by atoms with E-state index in [0.29, 0.717) is 27.8 Å². The predicted octanol–water partition coefficient (Wildman–Crippen LogP) is 23.9. The van der Waals surface area contributed by atoms with Crippen molar-refractivity contribution >= 4 is 136 Å². The molecule has 0 aliphatic carbocycles. The predicted molar refractivity (Wildman–Crippen MR) is 502 cm³/mol. The average molecular weight is 1670 g/mol. The molecule has 123 heavy (non-hydrogen) atoms. The first-order valence-corrected chi connectivity index (χ1v) is 39.7. The van der Waals surface area contributed by atoms with E-state index in [9.17, 15) is 35.4 Å². The Morgan fingerprint density at radius 3 is 1.37 bits per heavy atom. The number of thiol groups is 2. The van der Waals surface area contributed by atoms with E-state index in [0.717, 1.165) is 119 Å². The Bertz CT molecular complexity index is 7140. The highest BCUT2D eigenvalue weighted by molar-refractivity contribution is 7.80. The molecule has 11 aromatic heterocycles. The summed E-state index contributed by atoms with van der Waals surface area (Å²) in [7, 11) is 1.96. The van der Waals surface area contributed by atoms with Crippen molar-refractivity contribution in [1.29, 1.82) is 0 Å². The lowest BCUT2D eigenvalue weighted by Crippen LogP contribution is -1.98. The summed E-state index contributed by atoms with van der Waals surface area (Å²) in [6.07, 6.45) is 13.6. The lowest BCUT2D eigenvalue weighted by molar-refractivity contribution is 0.476. The minimum Gasteiger partial charge on any atom is -0.507 e. The molecule has 0 spiro atoms. The van der Waals surface area contributed by atoms with Crippen LogP contribution in [-0.4, -0.2) is 85.0 Å². The quantitative estimate of drug-likeness (QED) is 0.0340. The first-order valence-electron chi connectivity index (χ1n) is 38.4. The van der Waals surface area contributed by atoms with E-state index in [1.54, 1.807) is 110 Å². The maximum absolute atomic E-state index is 10.2. The number of aromatic hydroxyl groups is 6. The van der Waals surface area contributed by atoms with Crippen molar-refractivity contribution in [1.82, 2.24) is 54.4 Å². The molecule has 0 saturated heterocycles. The van der Waals surface area contributed by atoms with Crippen LogP contribution in [0.15, 0.2) is 420 Å². The molecule has 22 rings (SSSR count). The largest absolute Gasteiger partial charge is 0.507 e. The molecule has 0 amide bonds. The summed E-state index contributed by atoms with van der Waals surface area (Å²) in [5.74, 6) is 2.20. The Hall–Kier alpha value is -15.9. The number of phenolic OH excluding ortho intramolecular Hbond substituents is 6. The van der Waals surface area contributed by atoms with Gasteiger partial charge in [-0.3, -0.25) is 29.7 Å². The Balaban J connectivity index is 0.000000119. The van der Waals surface area contributed by atoms with Crippen LogP contribution in [0.5, 0.6) is 34.5 Å². The second kappa shape index (κ2) is 42.5. The van der Waals surface area contributed by atoms with E-state index < -0.39 is 0 Å². The summed E-state index contributed by atoms with van der Waals surface area (Å²) in [5.41, 5.74) is 11.3. The van der Waals surface area contributed by atoms with Gasteiger partial charge in [0.2, 0.25) is 11.3 Å². The van der Waals surface area contributed by atoms with Gasteiger partial charge < -0.3 is 49.6 Å². The van der Waals surface area contributed by atoms with E-state index in [-0.39, 0.29) is 40.1 Å². The maximum atomic E-state index is 10.2. The van der Waals surface area contributed by atoms with Gasteiger partial charge in [-0.15, -0.1) is 25.3 Å². The number of furan rings is 1. The van der Waals surface area contributed by atoms with Gasteiger partial charge in [0.15, 0.2) is 0 Å². The third-order valence-corrected chi connectivity index (χ3v) is 19.6. The highest BCUT2D eigenvalue weighted by Crippen LogP contribution is 2.34. The minimum atomic E-state index is -0.0532. The SMILES string of the molecule is Cn1c(-c2ccccc2O)nc2ccccc21.O=c1cccc[nH]1.Oc1cc2ccccc2c2cccnc12.Oc1cccc2cc3ccccc3nc12.Oc1cccc2cc3ccoc3nc12.Oc1cccc2cccnc12.Oc1ccccc1-c1ccccn1.S=c1cccc[nH]1.Sc1cccc2cccnc12.Sc1ccccc1-c1ccccn1. The van der Waals surface area contributed by atoms with Gasteiger partial charge in [0.25, 0.3) is 0 Å². The number of pyridine rings is 9. The van der Waals surface area contributed by atoms with Crippen molar-refractivity contribution in [3.63, 3.8) is 0 Å². The van der Waals surface area contributed by atoms with Crippen molar-refractivity contribution in [3.05, 3.63) is 416 Å². The molecular weight excluding hydrogens is 1590 g/mol. The zero-order chi connectivity index (χ0) is 85.7. The molecule has 604 valence electrons. The fourth-order valence-corrected chi connectivity index (χ4v) is 13.4. The Morgan fingerprint density at radius 1 is 0.325 bits per heavy atom. The number of imidazole rings is 1. The number of hydrogen-bond donors (Lipinski definition) is 10. The molecular formula is C101H79N11O8S3. The summed E-state index contributed by atoms with van der Waals surface area (Å²) in [6.45, 7) is 0. The fraction of sp³-hybridized carbons (Fsp3) is 0.00990. The van der Waals surface area contributed by atoms with Crippen LogP contribution in [0.25, 0.3) is 132 Å². The van der Waals surface area contributed by atoms with Gasteiger partial charge in [-0.2, -0.15) is 0 Å². The molecule has 0 aliphatic heterocycles. The highest BCUT2D eigenvalue weighted by Gasteiger charge is 2.13. The number of aromatic nitrogens is 11. The Labute approximate surface area is 722 Å². The smallest absolute Gasteiger partial charge is 0.247 e. The number of rotatable bonds is 3. The monoisotopic (exact) mass is 1670 g/mol. The van der Waals surface area contributed by atoms with Crippen LogP contribution in [0.1, 0.15) is 0 Å². The molecule has 0 aliphatic rings. The summed E-state index contributed by atoms with van der Waals surface area (Å²) in [4.78, 5) is 51.4. The maximum Gasteiger partial charge on any atom is 0.247 e. The molecule has 22 heteroatoms. The number of benzene rings is 11. The molecule has 11 heterocycles. The molecule has 0 radical (unpaired) electrons. The van der Waals surface area contributed by atoms with E-state index in [4.69, 9.17) is 16.6 Å². The first-order chi connectivity index (χ1) is 60.1. The lowest BCUT2D eigenvalue weighted by Gasteiger charge is -2.04. The van der Waals surface area contributed by atoms with Crippen LogP contribution in [0.4, 0.5) is 0 Å². The molecule has 19 nitrogen and oxygen atoms in total. The molecule has 0 fully saturated rings. The summed E-state index contributed by atoms with van der Waals surface area (Å²) in [6, 6.07) is 109. The fourth-order valence-electron chi connectivity index (χ4n) is 12.7. The van der Waals surface area contributed by atoms with Gasteiger partial charge in [-0.05, 0) is 168 Å². The zero-order valence-corrected chi connectivity index (χ0v) is 68.5. The van der Waals surface area contributed by atoms with Gasteiger partial charge in [-0.25, -0.2) is 15.0 Å². The summed E-state index contributed by atoms with van der Waals surface area (Å²) in [5, 5.41) is 66.9. The Kier molecular flexibility index (Phi) is 29.4. The van der Waals surface area contributed by atoms with Crippen molar-refractivity contribution < 1.29 is 35.1 Å². The van der Waals surface area contributed by atoms with E-state index in [2.05, 4.69) is 75.1 Å². The number of H-pyrrole nitrogens is 2. The number of fused-ring (bicyclic) bond motifs is 10. The number of nitrogens with zero attached hydrogens (tertiary/aromatic N) is 9. The number of aromatic amines is 2. The molecule has 0 saturated carbocycles. The van der Waals surface area contributed by atoms with Crippen LogP contribution in [0, 0.1) is 4.64 Å². The van der Waals surface area contributed by atoms with E-state index in [1.165, 1.54) is 6.07 Å². The van der Waals surface area contributed by atoms with Crippen molar-refractivity contribution in [2.24, 2.45) is 7.05 Å². The molecule has 11 aromatic carbocycles. The van der Waals surface area contributed by atoms with Crippen LogP contribution in [0.3, 0.4) is 0 Å². The van der Waals surface area contributed by atoms with E-state index in [1.807, 2.05) is 297 Å². The van der Waals surface area contributed by atoms with Crippen LogP contribution >= 0.6 is 37.5 Å². The molecule has 0 unspecified atom stereocenters. The van der Waals surface area contributed by atoms with Crippen molar-refractivity contribution in [2.45, 2.75) is 9.79 Å². The third kappa shape index (κ3) is 22.7. The summed E-state index contributed by atoms with van der Waals surface area (Å²) < 4.78 is 7.93. The van der Waals surface area contributed by atoms with Crippen LogP contribution in [-0.2, 0) is 7.05 Å². The second-order valence-electron chi connectivity index (χ2n) is 26.8. The molecule has 0 atom stereocenters. The van der Waals surface area contributed by atoms with Crippen LogP contribution in [0.2, 0.25) is 0 Å². The van der Waals surface area contributed by atoms with Gasteiger partial charge in [0, 0.05) is 115 Å². The van der Waals surface area contributed by atoms with Gasteiger partial charge in [0.1, 0.15) is 67.0 Å². The minimum absolute atomic E-state index is 0.0532. The molecule has 8 N–H and O–H groups in total. The van der Waals surface area contributed by atoms with Gasteiger partial charge in [-0.1, -0.05) is 200 Å². The first kappa shape index (κ1) is 85.0. The number of aryl methyl sites for hydroxylation is 1. The van der Waals surface area contributed by atoms with Gasteiger partial charge in [0.05, 0.1) is 45.3 Å². The standard InChI is InChI=1S/C14H12N2O.2C13H9NO.C11H7NO2.C11H9NO.C11H9NS.C9H7NO.C9H7NS.C5H5NO.C5H5NS/c1-16-12-8-4-3-7-11(12)15-14(16)10-6-2-5-9-13(10)17;15-12-7-3-5-10-8-9-4-1-2-6-11(9)14-13(10)12;15-12-8-9-4-1-2-5-10(9)11-6-3-7-14-13(11)12;13-9-3-1-2-7-6-8-4-5-14-11(8)12-10(7)9;2*13-11-7-2-1-5-9(11)10-6-3-4-8-12-10;2*11-8-5-1-3-7-4-2-6-10-9(7)8;2*7-5-3-1-2-4-6-5/h2-9,17H,1H3;2*1-8,15H;1-6,13H;2*1-8,13H;2*1-6,11H;2*1-4H,(H,6,7). The molecule has 0 bridgehead atoms. The molecule has 22 aromatic rings. The van der Waals surface area contributed by atoms with Crippen LogP contribution < -0.4 is 5.56 Å². The topological polar surface area (TPSA) is 291 Å². The van der Waals surface area contributed by atoms with E-state index >= 15 is 0 Å². The lowest BCUT2D eigenvalue weighted by atomic mass is 10.0. The highest BCUT2D eigenvalue weighted by atomic mass is 32.1. The summed E-state index contributed by atoms with van der Waals surface area (Å²) >= 11 is 13.4. The normalized spacial score (nSPS) is 10.3. The Morgan fingerprint density at radius 2 is 0.789 bits per heavy atom. The number of hydrogen-bond acceptors (Lipinski definition) is 19. The van der Waals surface area contributed by atoms with Crippen molar-refractivity contribution in [2.75, 3.05) is 0 Å².